The molecule has 0 aliphatic heterocycles. The van der Waals surface area contributed by atoms with E-state index < -0.39 is 0 Å². The lowest BCUT2D eigenvalue weighted by atomic mass is 10.0. The molecule has 1 aromatic carbocycles. The summed E-state index contributed by atoms with van der Waals surface area (Å²) in [6, 6.07) is 8.33. The average Bonchev–Trinajstić information content (AvgIpc) is 3.26. The van der Waals surface area contributed by atoms with E-state index in [1.807, 2.05) is 6.92 Å². The SMILES string of the molecule is CCc1ccc(-c2nc(C3CC3)[nH]c(=O)c2C)cc1. The second-order valence-corrected chi connectivity index (χ2v) is 5.25. The van der Waals surface area contributed by atoms with Crippen LogP contribution in [-0.4, -0.2) is 9.97 Å². The van der Waals surface area contributed by atoms with E-state index in [0.717, 1.165) is 36.3 Å². The highest BCUT2D eigenvalue weighted by Gasteiger charge is 2.27. The summed E-state index contributed by atoms with van der Waals surface area (Å²) < 4.78 is 0. The van der Waals surface area contributed by atoms with Crippen molar-refractivity contribution in [3.8, 4) is 11.3 Å². The maximum atomic E-state index is 12.0. The van der Waals surface area contributed by atoms with Crippen LogP contribution < -0.4 is 5.56 Å². The predicted molar refractivity (Wildman–Crippen MR) is 76.4 cm³/mol. The summed E-state index contributed by atoms with van der Waals surface area (Å²) in [4.78, 5) is 19.6. The van der Waals surface area contributed by atoms with Crippen LogP contribution in [0, 0.1) is 6.92 Å². The van der Waals surface area contributed by atoms with Gasteiger partial charge in [0.1, 0.15) is 5.82 Å². The Morgan fingerprint density at radius 1 is 1.26 bits per heavy atom. The van der Waals surface area contributed by atoms with Crippen LogP contribution in [0.4, 0.5) is 0 Å². The Morgan fingerprint density at radius 2 is 1.95 bits per heavy atom. The Bertz CT molecular complexity index is 651. The van der Waals surface area contributed by atoms with E-state index in [9.17, 15) is 4.79 Å². The Morgan fingerprint density at radius 3 is 2.53 bits per heavy atom. The molecule has 0 atom stereocenters. The highest BCUT2D eigenvalue weighted by molar-refractivity contribution is 5.62. The first-order valence-electron chi connectivity index (χ1n) is 6.89. The Labute approximate surface area is 112 Å². The number of nitrogens with zero attached hydrogens (tertiary/aromatic N) is 1. The molecule has 1 aliphatic rings. The Hall–Kier alpha value is -1.90. The summed E-state index contributed by atoms with van der Waals surface area (Å²) in [5.41, 5.74) is 3.85. The van der Waals surface area contributed by atoms with E-state index in [1.54, 1.807) is 0 Å². The molecule has 98 valence electrons. The van der Waals surface area contributed by atoms with Crippen LogP contribution in [0.3, 0.4) is 0 Å². The number of nitrogens with one attached hydrogen (secondary N) is 1. The number of aromatic nitrogens is 2. The summed E-state index contributed by atoms with van der Waals surface area (Å²) in [5, 5.41) is 0. The summed E-state index contributed by atoms with van der Waals surface area (Å²) in [6.45, 7) is 3.97. The molecular formula is C16H18N2O. The molecule has 1 N–H and O–H groups in total. The minimum absolute atomic E-state index is 0.00790. The highest BCUT2D eigenvalue weighted by Crippen LogP contribution is 2.38. The molecule has 1 aliphatic carbocycles. The van der Waals surface area contributed by atoms with Crippen LogP contribution >= 0.6 is 0 Å². The molecule has 1 aromatic heterocycles. The second kappa shape index (κ2) is 4.65. The van der Waals surface area contributed by atoms with Gasteiger partial charge in [-0.05, 0) is 31.7 Å². The zero-order chi connectivity index (χ0) is 13.4. The lowest BCUT2D eigenvalue weighted by Gasteiger charge is -2.08. The number of aromatic amines is 1. The largest absolute Gasteiger partial charge is 0.310 e. The first-order valence-corrected chi connectivity index (χ1v) is 6.89. The fourth-order valence-electron chi connectivity index (χ4n) is 2.28. The fraction of sp³-hybridized carbons (Fsp3) is 0.375. The van der Waals surface area contributed by atoms with Gasteiger partial charge in [0.05, 0.1) is 5.69 Å². The van der Waals surface area contributed by atoms with Gasteiger partial charge in [-0.2, -0.15) is 0 Å². The maximum absolute atomic E-state index is 12.0. The molecule has 0 spiro atoms. The minimum Gasteiger partial charge on any atom is -0.310 e. The summed E-state index contributed by atoms with van der Waals surface area (Å²) in [5.74, 6) is 1.31. The van der Waals surface area contributed by atoms with Gasteiger partial charge in [0.2, 0.25) is 0 Å². The van der Waals surface area contributed by atoms with Crippen molar-refractivity contribution in [3.05, 3.63) is 51.6 Å². The Kier molecular flexibility index (Phi) is 2.97. The summed E-state index contributed by atoms with van der Waals surface area (Å²) in [6.07, 6.45) is 3.30. The molecule has 3 rings (SSSR count). The van der Waals surface area contributed by atoms with Gasteiger partial charge in [0, 0.05) is 17.0 Å². The van der Waals surface area contributed by atoms with Crippen LogP contribution in [0.25, 0.3) is 11.3 Å². The highest BCUT2D eigenvalue weighted by atomic mass is 16.1. The van der Waals surface area contributed by atoms with Crippen molar-refractivity contribution >= 4 is 0 Å². The molecule has 0 saturated heterocycles. The average molecular weight is 254 g/mol. The standard InChI is InChI=1S/C16H18N2O/c1-3-11-4-6-12(7-5-11)14-10(2)16(19)18-15(17-14)13-8-9-13/h4-7,13H,3,8-9H2,1-2H3,(H,17,18,19). The molecule has 19 heavy (non-hydrogen) atoms. The van der Waals surface area contributed by atoms with Crippen LogP contribution in [-0.2, 0) is 6.42 Å². The van der Waals surface area contributed by atoms with Crippen molar-refractivity contribution in [3.63, 3.8) is 0 Å². The lowest BCUT2D eigenvalue weighted by molar-refractivity contribution is 0.900. The quantitative estimate of drug-likeness (QED) is 0.914. The third-order valence-electron chi connectivity index (χ3n) is 3.77. The molecule has 3 nitrogen and oxygen atoms in total. The molecule has 1 fully saturated rings. The van der Waals surface area contributed by atoms with Crippen molar-refractivity contribution in [2.24, 2.45) is 0 Å². The summed E-state index contributed by atoms with van der Waals surface area (Å²) >= 11 is 0. The molecule has 0 amide bonds. The third kappa shape index (κ3) is 2.33. The van der Waals surface area contributed by atoms with Crippen molar-refractivity contribution in [2.45, 2.75) is 39.0 Å². The van der Waals surface area contributed by atoms with Crippen LogP contribution in [0.1, 0.15) is 42.6 Å². The third-order valence-corrected chi connectivity index (χ3v) is 3.77. The molecule has 0 radical (unpaired) electrons. The van der Waals surface area contributed by atoms with E-state index in [4.69, 9.17) is 0 Å². The first-order chi connectivity index (χ1) is 9.19. The normalized spacial score (nSPS) is 14.6. The molecule has 2 aromatic rings. The number of aryl methyl sites for hydroxylation is 1. The van der Waals surface area contributed by atoms with Crippen molar-refractivity contribution in [2.75, 3.05) is 0 Å². The topological polar surface area (TPSA) is 45.8 Å². The van der Waals surface area contributed by atoms with E-state index >= 15 is 0 Å². The molecule has 0 unspecified atom stereocenters. The van der Waals surface area contributed by atoms with Crippen molar-refractivity contribution in [1.29, 1.82) is 0 Å². The van der Waals surface area contributed by atoms with Crippen LogP contribution in [0.15, 0.2) is 29.1 Å². The smallest absolute Gasteiger partial charge is 0.254 e. The minimum atomic E-state index is -0.00790. The Balaban J connectivity index is 2.09. The molecule has 1 saturated carbocycles. The van der Waals surface area contributed by atoms with Crippen molar-refractivity contribution in [1.82, 2.24) is 9.97 Å². The number of hydrogen-bond acceptors (Lipinski definition) is 2. The molecule has 0 bridgehead atoms. The van der Waals surface area contributed by atoms with Crippen LogP contribution in [0.5, 0.6) is 0 Å². The van der Waals surface area contributed by atoms with Gasteiger partial charge in [0.15, 0.2) is 0 Å². The van der Waals surface area contributed by atoms with Gasteiger partial charge < -0.3 is 4.98 Å². The van der Waals surface area contributed by atoms with Gasteiger partial charge in [0.25, 0.3) is 5.56 Å². The number of hydrogen-bond donors (Lipinski definition) is 1. The fourth-order valence-corrected chi connectivity index (χ4v) is 2.28. The van der Waals surface area contributed by atoms with Crippen LogP contribution in [0.2, 0.25) is 0 Å². The van der Waals surface area contributed by atoms with Gasteiger partial charge in [-0.25, -0.2) is 4.98 Å². The van der Waals surface area contributed by atoms with Gasteiger partial charge in [-0.3, -0.25) is 4.79 Å². The molecule has 1 heterocycles. The monoisotopic (exact) mass is 254 g/mol. The van der Waals surface area contributed by atoms with E-state index in [0.29, 0.717) is 11.5 Å². The summed E-state index contributed by atoms with van der Waals surface area (Å²) in [7, 11) is 0. The number of rotatable bonds is 3. The van der Waals surface area contributed by atoms with Crippen molar-refractivity contribution < 1.29 is 0 Å². The zero-order valence-corrected chi connectivity index (χ0v) is 11.4. The predicted octanol–water partition coefficient (Wildman–Crippen LogP) is 3.19. The number of benzene rings is 1. The van der Waals surface area contributed by atoms with Gasteiger partial charge >= 0.3 is 0 Å². The van der Waals surface area contributed by atoms with Gasteiger partial charge in [-0.1, -0.05) is 31.2 Å². The first kappa shape index (κ1) is 12.2. The zero-order valence-electron chi connectivity index (χ0n) is 11.4. The van der Waals surface area contributed by atoms with E-state index in [2.05, 4.69) is 41.2 Å². The second-order valence-electron chi connectivity index (χ2n) is 5.25. The molecular weight excluding hydrogens is 236 g/mol. The number of H-pyrrole nitrogens is 1. The lowest BCUT2D eigenvalue weighted by Crippen LogP contribution is -2.15. The van der Waals surface area contributed by atoms with Gasteiger partial charge in [-0.15, -0.1) is 0 Å². The van der Waals surface area contributed by atoms with E-state index in [-0.39, 0.29) is 5.56 Å². The van der Waals surface area contributed by atoms with E-state index in [1.165, 1.54) is 5.56 Å². The molecule has 3 heteroatoms. The maximum Gasteiger partial charge on any atom is 0.254 e.